The Kier molecular flexibility index (Phi) is 3.21. The van der Waals surface area contributed by atoms with E-state index in [1.807, 2.05) is 18.2 Å². The second-order valence-electron chi connectivity index (χ2n) is 3.80. The predicted octanol–water partition coefficient (Wildman–Crippen LogP) is 0.717. The van der Waals surface area contributed by atoms with E-state index in [4.69, 9.17) is 0 Å². The number of quaternary nitrogens is 1. The Balaban J connectivity index is 1.87. The van der Waals surface area contributed by atoms with E-state index in [0.29, 0.717) is 0 Å². The fourth-order valence-corrected chi connectivity index (χ4v) is 1.84. The van der Waals surface area contributed by atoms with E-state index < -0.39 is 0 Å². The molecule has 1 heterocycles. The lowest BCUT2D eigenvalue weighted by atomic mass is 10.2. The average Bonchev–Trinajstić information content (AvgIpc) is 2.72. The molecule has 1 aromatic carbocycles. The molecule has 1 aliphatic rings. The summed E-state index contributed by atoms with van der Waals surface area (Å²) in [5.74, 6) is 6.46. The van der Waals surface area contributed by atoms with Crippen molar-refractivity contribution in [2.45, 2.75) is 12.8 Å². The zero-order chi connectivity index (χ0) is 9.64. The van der Waals surface area contributed by atoms with Crippen molar-refractivity contribution in [1.82, 2.24) is 0 Å². The van der Waals surface area contributed by atoms with Gasteiger partial charge in [-0.15, -0.1) is 0 Å². The third-order valence-corrected chi connectivity index (χ3v) is 2.66. The molecule has 1 aliphatic heterocycles. The number of rotatable bonds is 1. The molecule has 0 radical (unpaired) electrons. The molecule has 1 saturated heterocycles. The van der Waals surface area contributed by atoms with Crippen LogP contribution in [0.25, 0.3) is 0 Å². The first kappa shape index (κ1) is 9.30. The van der Waals surface area contributed by atoms with E-state index in [2.05, 4.69) is 24.0 Å². The minimum Gasteiger partial charge on any atom is -0.325 e. The van der Waals surface area contributed by atoms with Gasteiger partial charge in [0.05, 0.1) is 13.1 Å². The van der Waals surface area contributed by atoms with E-state index in [1.165, 1.54) is 25.9 Å². The van der Waals surface area contributed by atoms with E-state index in [1.54, 1.807) is 4.90 Å². The van der Waals surface area contributed by atoms with Crippen LogP contribution in [0.2, 0.25) is 0 Å². The maximum absolute atomic E-state index is 3.26. The van der Waals surface area contributed by atoms with Gasteiger partial charge >= 0.3 is 0 Å². The summed E-state index contributed by atoms with van der Waals surface area (Å²) in [7, 11) is 0. The quantitative estimate of drug-likeness (QED) is 0.616. The van der Waals surface area contributed by atoms with Crippen LogP contribution in [0.4, 0.5) is 0 Å². The second kappa shape index (κ2) is 4.83. The summed E-state index contributed by atoms with van der Waals surface area (Å²) in [5, 5.41) is 0. The van der Waals surface area contributed by atoms with Crippen molar-refractivity contribution in [3.8, 4) is 11.8 Å². The molecule has 2 rings (SSSR count). The fraction of sp³-hybridized carbons (Fsp3) is 0.385. The molecule has 1 nitrogen and oxygen atoms in total. The SMILES string of the molecule is C(#Cc1ccccc1)C[NH+]1CCCC1. The third kappa shape index (κ3) is 2.61. The third-order valence-electron chi connectivity index (χ3n) is 2.66. The maximum atomic E-state index is 3.26. The highest BCUT2D eigenvalue weighted by Gasteiger charge is 2.12. The summed E-state index contributed by atoms with van der Waals surface area (Å²) in [6.45, 7) is 3.63. The maximum Gasteiger partial charge on any atom is 0.139 e. The van der Waals surface area contributed by atoms with Crippen molar-refractivity contribution in [1.29, 1.82) is 0 Å². The van der Waals surface area contributed by atoms with Crippen molar-refractivity contribution in [2.75, 3.05) is 19.6 Å². The highest BCUT2D eigenvalue weighted by molar-refractivity contribution is 5.33. The molecule has 0 bridgehead atoms. The van der Waals surface area contributed by atoms with Crippen molar-refractivity contribution in [3.63, 3.8) is 0 Å². The van der Waals surface area contributed by atoms with Gasteiger partial charge in [-0.3, -0.25) is 0 Å². The summed E-state index contributed by atoms with van der Waals surface area (Å²) in [6.07, 6.45) is 2.75. The molecule has 0 spiro atoms. The van der Waals surface area contributed by atoms with Crippen LogP contribution < -0.4 is 4.90 Å². The van der Waals surface area contributed by atoms with Crippen LogP contribution in [0.5, 0.6) is 0 Å². The first-order valence-electron chi connectivity index (χ1n) is 5.32. The Labute approximate surface area is 85.7 Å². The van der Waals surface area contributed by atoms with Gasteiger partial charge in [0.25, 0.3) is 0 Å². The van der Waals surface area contributed by atoms with Crippen LogP contribution in [0, 0.1) is 11.8 Å². The Bertz CT molecular complexity index is 325. The molecule has 72 valence electrons. The Morgan fingerprint density at radius 3 is 2.50 bits per heavy atom. The molecular weight excluding hydrogens is 170 g/mol. The Morgan fingerprint density at radius 1 is 1.07 bits per heavy atom. The number of benzene rings is 1. The molecular formula is C13H16N+. The average molecular weight is 186 g/mol. The van der Waals surface area contributed by atoms with Gasteiger partial charge in [0.1, 0.15) is 6.54 Å². The van der Waals surface area contributed by atoms with Crippen LogP contribution in [-0.4, -0.2) is 19.6 Å². The molecule has 0 aliphatic carbocycles. The monoisotopic (exact) mass is 186 g/mol. The van der Waals surface area contributed by atoms with Crippen molar-refractivity contribution < 1.29 is 4.90 Å². The number of hydrogen-bond donors (Lipinski definition) is 1. The Hall–Kier alpha value is -1.26. The van der Waals surface area contributed by atoms with Crippen LogP contribution >= 0.6 is 0 Å². The largest absolute Gasteiger partial charge is 0.325 e. The lowest BCUT2D eigenvalue weighted by molar-refractivity contribution is -0.879. The lowest BCUT2D eigenvalue weighted by Crippen LogP contribution is -3.09. The predicted molar refractivity (Wildman–Crippen MR) is 58.1 cm³/mol. The first-order chi connectivity index (χ1) is 6.95. The molecule has 1 N–H and O–H groups in total. The van der Waals surface area contributed by atoms with E-state index >= 15 is 0 Å². The van der Waals surface area contributed by atoms with Crippen LogP contribution in [-0.2, 0) is 0 Å². The van der Waals surface area contributed by atoms with Crippen molar-refractivity contribution in [2.24, 2.45) is 0 Å². The van der Waals surface area contributed by atoms with Crippen molar-refractivity contribution >= 4 is 0 Å². The van der Waals surface area contributed by atoms with E-state index in [-0.39, 0.29) is 0 Å². The lowest BCUT2D eigenvalue weighted by Gasteiger charge is -2.05. The standard InChI is InChI=1S/C13H15N/c1-2-7-13(8-3-1)9-6-12-14-10-4-5-11-14/h1-3,7-8H,4-5,10-12H2/p+1. The Morgan fingerprint density at radius 2 is 1.79 bits per heavy atom. The van der Waals surface area contributed by atoms with Crippen LogP contribution in [0.15, 0.2) is 30.3 Å². The number of likely N-dealkylation sites (tertiary alicyclic amines) is 1. The summed E-state index contributed by atoms with van der Waals surface area (Å²) in [5.41, 5.74) is 1.13. The van der Waals surface area contributed by atoms with Gasteiger partial charge in [0, 0.05) is 18.4 Å². The minimum absolute atomic E-state index is 1.01. The van der Waals surface area contributed by atoms with Gasteiger partial charge < -0.3 is 4.90 Å². The smallest absolute Gasteiger partial charge is 0.139 e. The normalized spacial score (nSPS) is 16.3. The molecule has 0 amide bonds. The summed E-state index contributed by atoms with van der Waals surface area (Å²) >= 11 is 0. The summed E-state index contributed by atoms with van der Waals surface area (Å²) < 4.78 is 0. The van der Waals surface area contributed by atoms with Gasteiger partial charge in [0.2, 0.25) is 0 Å². The highest BCUT2D eigenvalue weighted by atomic mass is 15.1. The van der Waals surface area contributed by atoms with Gasteiger partial charge in [-0.25, -0.2) is 0 Å². The highest BCUT2D eigenvalue weighted by Crippen LogP contribution is 1.94. The topological polar surface area (TPSA) is 4.44 Å². The molecule has 1 heteroatoms. The zero-order valence-electron chi connectivity index (χ0n) is 8.42. The van der Waals surface area contributed by atoms with Crippen LogP contribution in [0.1, 0.15) is 18.4 Å². The zero-order valence-corrected chi connectivity index (χ0v) is 8.42. The minimum atomic E-state index is 1.01. The molecule has 0 atom stereocenters. The second-order valence-corrected chi connectivity index (χ2v) is 3.80. The van der Waals surface area contributed by atoms with E-state index in [9.17, 15) is 0 Å². The molecule has 0 saturated carbocycles. The van der Waals surface area contributed by atoms with Gasteiger partial charge in [0.15, 0.2) is 0 Å². The summed E-state index contributed by atoms with van der Waals surface area (Å²) in [6, 6.07) is 10.2. The summed E-state index contributed by atoms with van der Waals surface area (Å²) in [4.78, 5) is 1.65. The van der Waals surface area contributed by atoms with Gasteiger partial charge in [-0.1, -0.05) is 24.1 Å². The molecule has 1 fully saturated rings. The van der Waals surface area contributed by atoms with Crippen molar-refractivity contribution in [3.05, 3.63) is 35.9 Å². The molecule has 14 heavy (non-hydrogen) atoms. The van der Waals surface area contributed by atoms with Gasteiger partial charge in [-0.05, 0) is 18.1 Å². The van der Waals surface area contributed by atoms with Gasteiger partial charge in [-0.2, -0.15) is 0 Å². The molecule has 0 unspecified atom stereocenters. The number of nitrogens with one attached hydrogen (secondary N) is 1. The molecule has 0 aromatic heterocycles. The fourth-order valence-electron chi connectivity index (χ4n) is 1.84. The molecule has 1 aromatic rings. The van der Waals surface area contributed by atoms with E-state index in [0.717, 1.165) is 12.1 Å². The first-order valence-corrected chi connectivity index (χ1v) is 5.32. The number of hydrogen-bond acceptors (Lipinski definition) is 0. The van der Waals surface area contributed by atoms with Crippen LogP contribution in [0.3, 0.4) is 0 Å².